The first-order valence-corrected chi connectivity index (χ1v) is 4.48. The molecular formula is C8H13NO3. The van der Waals surface area contributed by atoms with Crippen molar-refractivity contribution in [3.63, 3.8) is 0 Å². The number of hydrogen-bond acceptors (Lipinski definition) is 3. The fourth-order valence-corrected chi connectivity index (χ4v) is 1.86. The Hall–Kier alpha value is -0.770. The van der Waals surface area contributed by atoms with Crippen molar-refractivity contribution in [3.05, 3.63) is 0 Å². The van der Waals surface area contributed by atoms with Crippen LogP contribution in [0.25, 0.3) is 0 Å². The minimum absolute atomic E-state index is 0.335. The van der Waals surface area contributed by atoms with Crippen LogP contribution in [0.3, 0.4) is 0 Å². The number of carbonyl (C=O) groups is 1. The van der Waals surface area contributed by atoms with Crippen LogP contribution in [-0.4, -0.2) is 12.4 Å². The summed E-state index contributed by atoms with van der Waals surface area (Å²) in [6.07, 6.45) is 5.18. The molecule has 4 heteroatoms. The van der Waals surface area contributed by atoms with Crippen LogP contribution >= 0.6 is 0 Å². The van der Waals surface area contributed by atoms with Crippen LogP contribution in [0.4, 0.5) is 4.79 Å². The first kappa shape index (κ1) is 7.86. The largest absolute Gasteiger partial charge is 0.433 e. The summed E-state index contributed by atoms with van der Waals surface area (Å²) in [5.74, 6) is 0.401. The lowest BCUT2D eigenvalue weighted by Crippen LogP contribution is -2.24. The third-order valence-corrected chi connectivity index (χ3v) is 2.52. The summed E-state index contributed by atoms with van der Waals surface area (Å²) in [5.41, 5.74) is 2.21. The van der Waals surface area contributed by atoms with Gasteiger partial charge in [-0.1, -0.05) is 19.3 Å². The third kappa shape index (κ3) is 1.53. The zero-order chi connectivity index (χ0) is 8.39. The van der Waals surface area contributed by atoms with Gasteiger partial charge in [0.1, 0.15) is 0 Å². The molecule has 0 bridgehead atoms. The summed E-state index contributed by atoms with van der Waals surface area (Å²) in [5, 5.41) is 0. The maximum absolute atomic E-state index is 10.6. The van der Waals surface area contributed by atoms with Gasteiger partial charge in [-0.15, -0.1) is 0 Å². The number of cyclic esters (lactones) is 1. The van der Waals surface area contributed by atoms with Crippen molar-refractivity contribution in [2.75, 3.05) is 0 Å². The van der Waals surface area contributed by atoms with Gasteiger partial charge in [-0.2, -0.15) is 5.48 Å². The highest BCUT2D eigenvalue weighted by Crippen LogP contribution is 2.29. The van der Waals surface area contributed by atoms with E-state index in [2.05, 4.69) is 5.48 Å². The monoisotopic (exact) mass is 171 g/mol. The number of amides is 1. The van der Waals surface area contributed by atoms with Gasteiger partial charge in [0, 0.05) is 5.92 Å². The molecule has 1 unspecified atom stereocenters. The smallest absolute Gasteiger partial charge is 0.416 e. The number of nitrogens with one attached hydrogen (secondary N) is 1. The van der Waals surface area contributed by atoms with E-state index < -0.39 is 6.09 Å². The van der Waals surface area contributed by atoms with Crippen molar-refractivity contribution in [1.29, 1.82) is 0 Å². The van der Waals surface area contributed by atoms with Gasteiger partial charge in [0.2, 0.25) is 6.29 Å². The maximum atomic E-state index is 10.6. The molecule has 1 aliphatic heterocycles. The summed E-state index contributed by atoms with van der Waals surface area (Å²) >= 11 is 0. The number of hydroxylamine groups is 1. The summed E-state index contributed by atoms with van der Waals surface area (Å²) < 4.78 is 4.93. The minimum atomic E-state index is -0.453. The predicted molar refractivity (Wildman–Crippen MR) is 41.1 cm³/mol. The molecule has 0 aromatic rings. The standard InChI is InChI=1S/C8H13NO3/c10-8-9-12-7(11-8)6-4-2-1-3-5-6/h6-7H,1-5H2,(H,9,10). The van der Waals surface area contributed by atoms with E-state index >= 15 is 0 Å². The Balaban J connectivity index is 1.86. The molecule has 0 spiro atoms. The van der Waals surface area contributed by atoms with Gasteiger partial charge in [-0.3, -0.25) is 0 Å². The number of rotatable bonds is 1. The van der Waals surface area contributed by atoms with E-state index in [4.69, 9.17) is 9.57 Å². The zero-order valence-electron chi connectivity index (χ0n) is 6.91. The van der Waals surface area contributed by atoms with E-state index in [9.17, 15) is 4.79 Å². The SMILES string of the molecule is O=C1NOC(C2CCCCC2)O1. The van der Waals surface area contributed by atoms with E-state index in [1.54, 1.807) is 0 Å². The van der Waals surface area contributed by atoms with Crippen LogP contribution in [0.5, 0.6) is 0 Å². The Morgan fingerprint density at radius 2 is 2.00 bits per heavy atom. The first-order valence-electron chi connectivity index (χ1n) is 4.48. The topological polar surface area (TPSA) is 47.6 Å². The van der Waals surface area contributed by atoms with Gasteiger partial charge in [0.15, 0.2) is 0 Å². The van der Waals surface area contributed by atoms with Crippen molar-refractivity contribution >= 4 is 6.09 Å². The second kappa shape index (κ2) is 3.31. The molecule has 1 amide bonds. The third-order valence-electron chi connectivity index (χ3n) is 2.52. The predicted octanol–water partition coefficient (Wildman–Crippen LogP) is 1.56. The van der Waals surface area contributed by atoms with Crippen LogP contribution in [0.2, 0.25) is 0 Å². The molecular weight excluding hydrogens is 158 g/mol. The van der Waals surface area contributed by atoms with Gasteiger partial charge in [-0.05, 0) is 12.8 Å². The molecule has 1 saturated heterocycles. The average Bonchev–Trinajstić information content (AvgIpc) is 2.54. The number of carbonyl (C=O) groups excluding carboxylic acids is 1. The average molecular weight is 171 g/mol. The van der Waals surface area contributed by atoms with Gasteiger partial charge in [0.25, 0.3) is 0 Å². The van der Waals surface area contributed by atoms with Crippen LogP contribution < -0.4 is 5.48 Å². The number of ether oxygens (including phenoxy) is 1. The summed E-state index contributed by atoms with van der Waals surface area (Å²) in [6.45, 7) is 0. The molecule has 0 aromatic heterocycles. The lowest BCUT2D eigenvalue weighted by atomic mass is 9.89. The van der Waals surface area contributed by atoms with Gasteiger partial charge < -0.3 is 4.74 Å². The minimum Gasteiger partial charge on any atom is -0.416 e. The Labute approximate surface area is 71.2 Å². The van der Waals surface area contributed by atoms with Crippen LogP contribution in [-0.2, 0) is 9.57 Å². The van der Waals surface area contributed by atoms with Crippen LogP contribution in [0.15, 0.2) is 0 Å². The van der Waals surface area contributed by atoms with E-state index in [1.165, 1.54) is 19.3 Å². The quantitative estimate of drug-likeness (QED) is 0.651. The summed E-state index contributed by atoms with van der Waals surface area (Å²) in [7, 11) is 0. The van der Waals surface area contributed by atoms with E-state index in [0.29, 0.717) is 5.92 Å². The second-order valence-electron chi connectivity index (χ2n) is 3.39. The fraction of sp³-hybridized carbons (Fsp3) is 0.875. The van der Waals surface area contributed by atoms with Crippen molar-refractivity contribution in [2.45, 2.75) is 38.4 Å². The highest BCUT2D eigenvalue weighted by Gasteiger charge is 2.32. The molecule has 2 aliphatic rings. The molecule has 1 N–H and O–H groups in total. The number of hydrogen-bond donors (Lipinski definition) is 1. The van der Waals surface area contributed by atoms with Crippen LogP contribution in [0.1, 0.15) is 32.1 Å². The molecule has 1 aliphatic carbocycles. The van der Waals surface area contributed by atoms with Crippen molar-refractivity contribution in [3.8, 4) is 0 Å². The van der Waals surface area contributed by atoms with Gasteiger partial charge in [0.05, 0.1) is 0 Å². The van der Waals surface area contributed by atoms with Crippen molar-refractivity contribution in [1.82, 2.24) is 5.48 Å². The van der Waals surface area contributed by atoms with Crippen molar-refractivity contribution in [2.24, 2.45) is 5.92 Å². The molecule has 1 heterocycles. The molecule has 0 aromatic carbocycles. The molecule has 4 nitrogen and oxygen atoms in total. The highest BCUT2D eigenvalue weighted by molar-refractivity contribution is 5.67. The normalized spacial score (nSPS) is 31.3. The zero-order valence-corrected chi connectivity index (χ0v) is 6.91. The maximum Gasteiger partial charge on any atom is 0.433 e. The first-order chi connectivity index (χ1) is 5.86. The highest BCUT2D eigenvalue weighted by atomic mass is 16.9. The molecule has 1 atom stereocenters. The molecule has 2 fully saturated rings. The Bertz CT molecular complexity index is 177. The second-order valence-corrected chi connectivity index (χ2v) is 3.39. The van der Waals surface area contributed by atoms with Crippen LogP contribution in [0, 0.1) is 5.92 Å². The Kier molecular flexibility index (Phi) is 2.17. The van der Waals surface area contributed by atoms with E-state index in [-0.39, 0.29) is 6.29 Å². The fourth-order valence-electron chi connectivity index (χ4n) is 1.86. The molecule has 0 radical (unpaired) electrons. The van der Waals surface area contributed by atoms with Crippen molar-refractivity contribution < 1.29 is 14.4 Å². The molecule has 2 rings (SSSR count). The van der Waals surface area contributed by atoms with Gasteiger partial charge in [-0.25, -0.2) is 9.63 Å². The van der Waals surface area contributed by atoms with E-state index in [0.717, 1.165) is 12.8 Å². The molecule has 12 heavy (non-hydrogen) atoms. The Morgan fingerprint density at radius 1 is 1.25 bits per heavy atom. The Morgan fingerprint density at radius 3 is 2.58 bits per heavy atom. The van der Waals surface area contributed by atoms with E-state index in [1.807, 2.05) is 0 Å². The summed E-state index contributed by atoms with van der Waals surface area (Å²) in [6, 6.07) is 0. The molecule has 1 saturated carbocycles. The lowest BCUT2D eigenvalue weighted by Gasteiger charge is -2.23. The summed E-state index contributed by atoms with van der Waals surface area (Å²) in [4.78, 5) is 15.6. The lowest BCUT2D eigenvalue weighted by molar-refractivity contribution is -0.104. The van der Waals surface area contributed by atoms with Gasteiger partial charge >= 0.3 is 6.09 Å². The molecule has 68 valence electrons.